The molecule has 0 amide bonds. The molecule has 18 heavy (non-hydrogen) atoms. The van der Waals surface area contributed by atoms with Crippen LogP contribution in [0.4, 0.5) is 0 Å². The average Bonchev–Trinajstić information content (AvgIpc) is 2.46. The molecule has 0 radical (unpaired) electrons. The Bertz CT molecular complexity index is 517. The molecule has 0 spiro atoms. The Labute approximate surface area is 121 Å². The van der Waals surface area contributed by atoms with Gasteiger partial charge in [-0.05, 0) is 40.0 Å². The third kappa shape index (κ3) is 3.50. The standard InChI is InChI=1S/C16H15BrS/c1-2-15(18-14-11-7-4-8-12-14)16(17)13-9-5-3-6-10-13/h3-12H,2H2,1H3/b16-15+. The van der Waals surface area contributed by atoms with Gasteiger partial charge in [-0.3, -0.25) is 0 Å². The molecule has 92 valence electrons. The van der Waals surface area contributed by atoms with Crippen LogP contribution in [0.1, 0.15) is 18.9 Å². The minimum Gasteiger partial charge on any atom is -0.0934 e. The third-order valence-corrected chi connectivity index (χ3v) is 5.02. The lowest BCUT2D eigenvalue weighted by Gasteiger charge is -2.09. The number of hydrogen-bond acceptors (Lipinski definition) is 1. The molecule has 0 fully saturated rings. The Kier molecular flexibility index (Phi) is 5.09. The Balaban J connectivity index is 2.28. The van der Waals surface area contributed by atoms with Gasteiger partial charge in [0.1, 0.15) is 0 Å². The summed E-state index contributed by atoms with van der Waals surface area (Å²) in [7, 11) is 0. The second kappa shape index (κ2) is 6.81. The molecule has 0 aromatic heterocycles. The predicted octanol–water partition coefficient (Wildman–Crippen LogP) is 5.95. The highest BCUT2D eigenvalue weighted by Gasteiger charge is 2.06. The maximum atomic E-state index is 3.73. The number of hydrogen-bond donors (Lipinski definition) is 0. The van der Waals surface area contributed by atoms with Crippen molar-refractivity contribution in [1.82, 2.24) is 0 Å². The van der Waals surface area contributed by atoms with E-state index in [9.17, 15) is 0 Å². The highest BCUT2D eigenvalue weighted by atomic mass is 79.9. The van der Waals surface area contributed by atoms with Crippen molar-refractivity contribution in [3.05, 3.63) is 71.1 Å². The van der Waals surface area contributed by atoms with Crippen molar-refractivity contribution in [2.75, 3.05) is 0 Å². The highest BCUT2D eigenvalue weighted by Crippen LogP contribution is 2.37. The first-order chi connectivity index (χ1) is 8.81. The molecule has 0 nitrogen and oxygen atoms in total. The van der Waals surface area contributed by atoms with Crippen molar-refractivity contribution in [3.8, 4) is 0 Å². The number of halogens is 1. The van der Waals surface area contributed by atoms with Gasteiger partial charge in [-0.1, -0.05) is 67.2 Å². The molecule has 0 aliphatic carbocycles. The van der Waals surface area contributed by atoms with Crippen LogP contribution in [0.15, 0.2) is 70.5 Å². The number of benzene rings is 2. The van der Waals surface area contributed by atoms with Gasteiger partial charge < -0.3 is 0 Å². The molecule has 2 heteroatoms. The lowest BCUT2D eigenvalue weighted by Crippen LogP contribution is -1.82. The number of rotatable bonds is 4. The first-order valence-electron chi connectivity index (χ1n) is 5.98. The van der Waals surface area contributed by atoms with E-state index in [0.717, 1.165) is 6.42 Å². The van der Waals surface area contributed by atoms with Gasteiger partial charge in [-0.25, -0.2) is 0 Å². The molecule has 0 aliphatic heterocycles. The van der Waals surface area contributed by atoms with Crippen LogP contribution < -0.4 is 0 Å². The van der Waals surface area contributed by atoms with Gasteiger partial charge in [0, 0.05) is 14.3 Å². The predicted molar refractivity (Wildman–Crippen MR) is 84.9 cm³/mol. The minimum atomic E-state index is 1.02. The molecule has 0 atom stereocenters. The fraction of sp³-hybridized carbons (Fsp3) is 0.125. The average molecular weight is 319 g/mol. The summed E-state index contributed by atoms with van der Waals surface area (Å²) in [5.74, 6) is 0. The zero-order valence-electron chi connectivity index (χ0n) is 10.3. The first-order valence-corrected chi connectivity index (χ1v) is 7.59. The van der Waals surface area contributed by atoms with Crippen molar-refractivity contribution in [3.63, 3.8) is 0 Å². The monoisotopic (exact) mass is 318 g/mol. The van der Waals surface area contributed by atoms with Gasteiger partial charge in [-0.15, -0.1) is 0 Å². The summed E-state index contributed by atoms with van der Waals surface area (Å²) >= 11 is 5.55. The Morgan fingerprint density at radius 2 is 1.50 bits per heavy atom. The van der Waals surface area contributed by atoms with Gasteiger partial charge >= 0.3 is 0 Å². The van der Waals surface area contributed by atoms with E-state index < -0.39 is 0 Å². The fourth-order valence-corrected chi connectivity index (χ4v) is 3.37. The summed E-state index contributed by atoms with van der Waals surface area (Å²) < 4.78 is 1.19. The summed E-state index contributed by atoms with van der Waals surface area (Å²) in [6.07, 6.45) is 1.02. The molecule has 0 N–H and O–H groups in total. The highest BCUT2D eigenvalue weighted by molar-refractivity contribution is 9.15. The second-order valence-corrected chi connectivity index (χ2v) is 5.83. The maximum absolute atomic E-state index is 3.73. The van der Waals surface area contributed by atoms with Crippen LogP contribution in [0.5, 0.6) is 0 Å². The summed E-state index contributed by atoms with van der Waals surface area (Å²) in [6, 6.07) is 20.9. The Morgan fingerprint density at radius 3 is 2.06 bits per heavy atom. The molecule has 2 aromatic carbocycles. The van der Waals surface area contributed by atoms with Gasteiger partial charge in [0.05, 0.1) is 0 Å². The van der Waals surface area contributed by atoms with E-state index in [1.54, 1.807) is 0 Å². The van der Waals surface area contributed by atoms with Crippen LogP contribution in [0.2, 0.25) is 0 Å². The molecule has 0 saturated carbocycles. The van der Waals surface area contributed by atoms with E-state index >= 15 is 0 Å². The normalized spacial score (nSPS) is 12.1. The quantitative estimate of drug-likeness (QED) is 0.627. The molecule has 0 aliphatic rings. The van der Waals surface area contributed by atoms with Crippen molar-refractivity contribution >= 4 is 32.2 Å². The summed E-state index contributed by atoms with van der Waals surface area (Å²) in [6.45, 7) is 2.19. The SMILES string of the molecule is CC/C(Sc1ccccc1)=C(\Br)c1ccccc1. The molecule has 0 saturated heterocycles. The maximum Gasteiger partial charge on any atom is 0.0346 e. The fourth-order valence-electron chi connectivity index (χ4n) is 1.65. The summed E-state index contributed by atoms with van der Waals surface area (Å²) in [5.41, 5.74) is 1.23. The topological polar surface area (TPSA) is 0 Å². The zero-order valence-corrected chi connectivity index (χ0v) is 12.7. The van der Waals surface area contributed by atoms with E-state index in [-0.39, 0.29) is 0 Å². The van der Waals surface area contributed by atoms with Gasteiger partial charge in [0.2, 0.25) is 0 Å². The lowest BCUT2D eigenvalue weighted by molar-refractivity contribution is 1.20. The van der Waals surface area contributed by atoms with Crippen LogP contribution in [0, 0.1) is 0 Å². The van der Waals surface area contributed by atoms with Crippen molar-refractivity contribution in [1.29, 1.82) is 0 Å². The molecular formula is C16H15BrS. The zero-order chi connectivity index (χ0) is 12.8. The number of allylic oxidation sites excluding steroid dienone is 1. The van der Waals surface area contributed by atoms with Crippen molar-refractivity contribution < 1.29 is 0 Å². The Morgan fingerprint density at radius 1 is 0.944 bits per heavy atom. The largest absolute Gasteiger partial charge is 0.0934 e. The van der Waals surface area contributed by atoms with E-state index in [2.05, 4.69) is 71.4 Å². The van der Waals surface area contributed by atoms with E-state index in [1.165, 1.54) is 19.8 Å². The van der Waals surface area contributed by atoms with Crippen molar-refractivity contribution in [2.24, 2.45) is 0 Å². The van der Waals surface area contributed by atoms with Crippen LogP contribution in [0.3, 0.4) is 0 Å². The molecule has 0 heterocycles. The van der Waals surface area contributed by atoms with E-state index in [1.807, 2.05) is 23.9 Å². The molecule has 0 unspecified atom stereocenters. The molecule has 2 rings (SSSR count). The van der Waals surface area contributed by atoms with Crippen LogP contribution in [0.25, 0.3) is 4.48 Å². The first kappa shape index (κ1) is 13.4. The van der Waals surface area contributed by atoms with Crippen LogP contribution in [-0.2, 0) is 0 Å². The summed E-state index contributed by atoms with van der Waals surface area (Å²) in [5, 5.41) is 0. The second-order valence-electron chi connectivity index (χ2n) is 3.87. The summed E-state index contributed by atoms with van der Waals surface area (Å²) in [4.78, 5) is 2.63. The van der Waals surface area contributed by atoms with Gasteiger partial charge in [0.25, 0.3) is 0 Å². The number of thioether (sulfide) groups is 1. The molecule has 0 bridgehead atoms. The van der Waals surface area contributed by atoms with E-state index in [0.29, 0.717) is 0 Å². The lowest BCUT2D eigenvalue weighted by atomic mass is 10.2. The Hall–Kier alpha value is -0.990. The molecule has 2 aromatic rings. The molecular weight excluding hydrogens is 304 g/mol. The van der Waals surface area contributed by atoms with Gasteiger partial charge in [-0.2, -0.15) is 0 Å². The van der Waals surface area contributed by atoms with Crippen LogP contribution in [-0.4, -0.2) is 0 Å². The van der Waals surface area contributed by atoms with Crippen LogP contribution >= 0.6 is 27.7 Å². The smallest absolute Gasteiger partial charge is 0.0346 e. The third-order valence-electron chi connectivity index (χ3n) is 2.58. The minimum absolute atomic E-state index is 1.02. The van der Waals surface area contributed by atoms with E-state index in [4.69, 9.17) is 0 Å². The van der Waals surface area contributed by atoms with Crippen molar-refractivity contribution in [2.45, 2.75) is 18.2 Å². The van der Waals surface area contributed by atoms with Gasteiger partial charge in [0.15, 0.2) is 0 Å².